The Kier molecular flexibility index (Phi) is 5.39. The van der Waals surface area contributed by atoms with Crippen molar-refractivity contribution >= 4 is 11.6 Å². The Balaban J connectivity index is 1.53. The van der Waals surface area contributed by atoms with E-state index in [9.17, 15) is 4.79 Å². The summed E-state index contributed by atoms with van der Waals surface area (Å²) in [4.78, 5) is 20.9. The van der Waals surface area contributed by atoms with E-state index in [-0.39, 0.29) is 5.91 Å². The molecule has 2 fully saturated rings. The Morgan fingerprint density at radius 1 is 1.21 bits per heavy atom. The first-order valence-corrected chi connectivity index (χ1v) is 9.25. The van der Waals surface area contributed by atoms with Gasteiger partial charge in [0.1, 0.15) is 5.69 Å². The smallest absolute Gasteiger partial charge is 0.269 e. The Bertz CT molecular complexity index is 549. The molecule has 2 unspecified atom stereocenters. The number of anilines is 1. The van der Waals surface area contributed by atoms with Crippen molar-refractivity contribution in [1.29, 1.82) is 0 Å². The molecule has 5 heteroatoms. The summed E-state index contributed by atoms with van der Waals surface area (Å²) in [5.41, 5.74) is 1.60. The summed E-state index contributed by atoms with van der Waals surface area (Å²) in [5, 5.41) is 2.61. The lowest BCUT2D eigenvalue weighted by molar-refractivity contribution is 0.0958. The fraction of sp³-hybridized carbons (Fsp3) is 0.684. The first kappa shape index (κ1) is 17.2. The zero-order chi connectivity index (χ0) is 17.1. The van der Waals surface area contributed by atoms with Crippen molar-refractivity contribution in [2.45, 2.75) is 39.2 Å². The van der Waals surface area contributed by atoms with Crippen LogP contribution in [0, 0.1) is 11.8 Å². The van der Waals surface area contributed by atoms with E-state index in [2.05, 4.69) is 33.9 Å². The van der Waals surface area contributed by atoms with Gasteiger partial charge in [-0.25, -0.2) is 4.98 Å². The summed E-state index contributed by atoms with van der Waals surface area (Å²) in [7, 11) is 1.63. The maximum absolute atomic E-state index is 11.6. The van der Waals surface area contributed by atoms with Crippen molar-refractivity contribution in [1.82, 2.24) is 15.2 Å². The van der Waals surface area contributed by atoms with Crippen LogP contribution in [0.2, 0.25) is 0 Å². The third-order valence-electron chi connectivity index (χ3n) is 5.79. The molecule has 24 heavy (non-hydrogen) atoms. The third kappa shape index (κ3) is 3.72. The lowest BCUT2D eigenvalue weighted by Gasteiger charge is -2.39. The second-order valence-corrected chi connectivity index (χ2v) is 7.47. The van der Waals surface area contributed by atoms with E-state index in [1.165, 1.54) is 19.3 Å². The summed E-state index contributed by atoms with van der Waals surface area (Å²) in [6.07, 6.45) is 5.96. The molecular weight excluding hydrogens is 300 g/mol. The molecule has 1 aromatic rings. The van der Waals surface area contributed by atoms with Gasteiger partial charge in [0.2, 0.25) is 0 Å². The van der Waals surface area contributed by atoms with E-state index in [0.717, 1.165) is 49.7 Å². The summed E-state index contributed by atoms with van der Waals surface area (Å²) >= 11 is 0. The molecule has 1 aliphatic carbocycles. The van der Waals surface area contributed by atoms with Gasteiger partial charge in [0.05, 0.1) is 11.9 Å². The molecule has 0 spiro atoms. The number of pyridine rings is 1. The molecule has 1 saturated carbocycles. The number of hydrogen-bond acceptors (Lipinski definition) is 4. The molecule has 2 heterocycles. The van der Waals surface area contributed by atoms with E-state index in [0.29, 0.717) is 5.69 Å². The summed E-state index contributed by atoms with van der Waals surface area (Å²) in [6.45, 7) is 9.08. The minimum Gasteiger partial charge on any atom is -0.368 e. The molecule has 1 amide bonds. The highest BCUT2D eigenvalue weighted by molar-refractivity contribution is 5.92. The number of aromatic nitrogens is 1. The van der Waals surface area contributed by atoms with Crippen LogP contribution in [-0.2, 0) is 0 Å². The van der Waals surface area contributed by atoms with E-state index < -0.39 is 0 Å². The number of hydrogen-bond donors (Lipinski definition) is 1. The second-order valence-electron chi connectivity index (χ2n) is 7.47. The zero-order valence-corrected chi connectivity index (χ0v) is 15.2. The largest absolute Gasteiger partial charge is 0.368 e. The molecule has 1 aliphatic heterocycles. The van der Waals surface area contributed by atoms with Gasteiger partial charge in [-0.1, -0.05) is 13.8 Å². The first-order chi connectivity index (χ1) is 11.6. The quantitative estimate of drug-likeness (QED) is 0.921. The van der Waals surface area contributed by atoms with Crippen molar-refractivity contribution in [2.75, 3.05) is 38.1 Å². The number of piperazine rings is 1. The molecule has 1 N–H and O–H groups in total. The maximum Gasteiger partial charge on any atom is 0.269 e. The van der Waals surface area contributed by atoms with Crippen LogP contribution in [0.3, 0.4) is 0 Å². The van der Waals surface area contributed by atoms with Gasteiger partial charge in [-0.05, 0) is 43.2 Å². The molecule has 0 radical (unpaired) electrons. The van der Waals surface area contributed by atoms with E-state index in [1.54, 1.807) is 7.05 Å². The number of nitrogens with zero attached hydrogens (tertiary/aromatic N) is 3. The summed E-state index contributed by atoms with van der Waals surface area (Å²) in [5.74, 6) is 1.60. The Labute approximate surface area is 145 Å². The molecule has 2 aliphatic rings. The normalized spacial score (nSPS) is 25.2. The van der Waals surface area contributed by atoms with Gasteiger partial charge >= 0.3 is 0 Å². The molecule has 5 nitrogen and oxygen atoms in total. The maximum atomic E-state index is 11.6. The standard InChI is InChI=1S/C19H30N4O/c1-14(2)15-4-5-16(12-15)22-8-10-23(11-9-22)17-6-7-18(21-13-17)19(24)20-3/h6-7,13-16H,4-5,8-12H2,1-3H3,(H,20,24). The molecule has 1 aromatic heterocycles. The van der Waals surface area contributed by atoms with E-state index in [1.807, 2.05) is 18.3 Å². The number of carbonyl (C=O) groups excluding carboxylic acids is 1. The van der Waals surface area contributed by atoms with Gasteiger partial charge in [-0.3, -0.25) is 9.69 Å². The monoisotopic (exact) mass is 330 g/mol. The first-order valence-electron chi connectivity index (χ1n) is 9.25. The number of rotatable bonds is 4. The minimum absolute atomic E-state index is 0.132. The van der Waals surface area contributed by atoms with Crippen LogP contribution in [0.1, 0.15) is 43.6 Å². The highest BCUT2D eigenvalue weighted by Crippen LogP contribution is 2.34. The fourth-order valence-electron chi connectivity index (χ4n) is 4.11. The predicted octanol–water partition coefficient (Wildman–Crippen LogP) is 2.39. The van der Waals surface area contributed by atoms with Crippen LogP contribution in [-0.4, -0.2) is 55.1 Å². The molecule has 0 bridgehead atoms. The van der Waals surface area contributed by atoms with Crippen LogP contribution in [0.4, 0.5) is 5.69 Å². The van der Waals surface area contributed by atoms with Gasteiger partial charge in [-0.2, -0.15) is 0 Å². The topological polar surface area (TPSA) is 48.5 Å². The number of amides is 1. The zero-order valence-electron chi connectivity index (χ0n) is 15.2. The minimum atomic E-state index is -0.132. The molecule has 1 saturated heterocycles. The molecular formula is C19H30N4O. The van der Waals surface area contributed by atoms with Crippen molar-refractivity contribution in [3.8, 4) is 0 Å². The lowest BCUT2D eigenvalue weighted by Crippen LogP contribution is -2.49. The van der Waals surface area contributed by atoms with Crippen LogP contribution < -0.4 is 10.2 Å². The van der Waals surface area contributed by atoms with Crippen LogP contribution >= 0.6 is 0 Å². The Morgan fingerprint density at radius 2 is 1.96 bits per heavy atom. The highest BCUT2D eigenvalue weighted by atomic mass is 16.1. The molecule has 2 atom stereocenters. The summed E-state index contributed by atoms with van der Waals surface area (Å²) in [6, 6.07) is 4.61. The fourth-order valence-corrected chi connectivity index (χ4v) is 4.11. The average Bonchev–Trinajstić information content (AvgIpc) is 3.12. The Morgan fingerprint density at radius 3 is 2.50 bits per heavy atom. The van der Waals surface area contributed by atoms with Gasteiger partial charge < -0.3 is 10.2 Å². The molecule has 0 aromatic carbocycles. The van der Waals surface area contributed by atoms with Crippen molar-refractivity contribution in [3.05, 3.63) is 24.0 Å². The highest BCUT2D eigenvalue weighted by Gasteiger charge is 2.32. The van der Waals surface area contributed by atoms with Crippen LogP contribution in [0.25, 0.3) is 0 Å². The van der Waals surface area contributed by atoms with Gasteiger partial charge in [-0.15, -0.1) is 0 Å². The van der Waals surface area contributed by atoms with Crippen LogP contribution in [0.15, 0.2) is 18.3 Å². The van der Waals surface area contributed by atoms with E-state index >= 15 is 0 Å². The van der Waals surface area contributed by atoms with Gasteiger partial charge in [0.25, 0.3) is 5.91 Å². The SMILES string of the molecule is CNC(=O)c1ccc(N2CCN(C3CCC(C(C)C)C3)CC2)cn1. The summed E-state index contributed by atoms with van der Waals surface area (Å²) < 4.78 is 0. The van der Waals surface area contributed by atoms with Crippen molar-refractivity contribution in [3.63, 3.8) is 0 Å². The van der Waals surface area contributed by atoms with Gasteiger partial charge in [0, 0.05) is 39.3 Å². The third-order valence-corrected chi connectivity index (χ3v) is 5.79. The number of nitrogens with one attached hydrogen (secondary N) is 1. The molecule has 3 rings (SSSR count). The predicted molar refractivity (Wildman–Crippen MR) is 97.4 cm³/mol. The van der Waals surface area contributed by atoms with E-state index in [4.69, 9.17) is 0 Å². The van der Waals surface area contributed by atoms with Gasteiger partial charge in [0.15, 0.2) is 0 Å². The van der Waals surface area contributed by atoms with Crippen molar-refractivity contribution in [2.24, 2.45) is 11.8 Å². The second kappa shape index (κ2) is 7.51. The van der Waals surface area contributed by atoms with Crippen LogP contribution in [0.5, 0.6) is 0 Å². The average molecular weight is 330 g/mol. The van der Waals surface area contributed by atoms with Crippen molar-refractivity contribution < 1.29 is 4.79 Å². The molecule has 132 valence electrons. The number of carbonyl (C=O) groups is 1. The lowest BCUT2D eigenvalue weighted by atomic mass is 9.94. The Hall–Kier alpha value is -1.62.